The topological polar surface area (TPSA) is 112 Å². The zero-order valence-corrected chi connectivity index (χ0v) is 21.8. The van der Waals surface area contributed by atoms with Crippen LogP contribution in [0.2, 0.25) is 0 Å². The summed E-state index contributed by atoms with van der Waals surface area (Å²) in [5.74, 6) is 1.27. The minimum absolute atomic E-state index is 0.125. The second kappa shape index (κ2) is 18.4. The average Bonchev–Trinajstić information content (AvgIpc) is 2.94. The van der Waals surface area contributed by atoms with Crippen LogP contribution in [0.25, 0.3) is 6.08 Å². The molecule has 0 bridgehead atoms. The maximum absolute atomic E-state index is 6.02. The number of hydrogen-bond donors (Lipinski definition) is 1. The smallest absolute Gasteiger partial charge is 0.161 e. The summed E-state index contributed by atoms with van der Waals surface area (Å²) in [4.78, 5) is 14.4. The molecule has 1 saturated heterocycles. The van der Waals surface area contributed by atoms with E-state index in [0.29, 0.717) is 83.2 Å². The van der Waals surface area contributed by atoms with Gasteiger partial charge in [0.25, 0.3) is 0 Å². The number of ether oxygens (including phenoxy) is 5. The second-order valence-electron chi connectivity index (χ2n) is 8.28. The van der Waals surface area contributed by atoms with Gasteiger partial charge >= 0.3 is 0 Å². The molecular weight excluding hydrogens is 492 g/mol. The first-order valence-corrected chi connectivity index (χ1v) is 12.7. The minimum atomic E-state index is 0.125. The molecule has 0 aromatic heterocycles. The molecule has 3 rings (SSSR count). The number of rotatable bonds is 13. The van der Waals surface area contributed by atoms with Crippen LogP contribution in [-0.4, -0.2) is 78.3 Å². The molecule has 10 nitrogen and oxygen atoms in total. The summed E-state index contributed by atoms with van der Waals surface area (Å²) in [6.07, 6.45) is 2.56. The van der Waals surface area contributed by atoms with Gasteiger partial charge in [-0.15, -0.1) is 0 Å². The van der Waals surface area contributed by atoms with Gasteiger partial charge in [0.05, 0.1) is 51.9 Å². The van der Waals surface area contributed by atoms with Crippen molar-refractivity contribution in [3.63, 3.8) is 0 Å². The van der Waals surface area contributed by atoms with E-state index < -0.39 is 0 Å². The lowest BCUT2D eigenvalue weighted by Crippen LogP contribution is -2.21. The molecular formula is C28H38N2O8. The van der Waals surface area contributed by atoms with E-state index in [1.807, 2.05) is 48.5 Å². The van der Waals surface area contributed by atoms with Crippen LogP contribution in [0, 0.1) is 0 Å². The molecule has 0 amide bonds. The first-order valence-electron chi connectivity index (χ1n) is 12.7. The van der Waals surface area contributed by atoms with Crippen molar-refractivity contribution in [3.8, 4) is 11.5 Å². The molecule has 2 aromatic carbocycles. The maximum atomic E-state index is 6.02. The van der Waals surface area contributed by atoms with Crippen molar-refractivity contribution < 1.29 is 38.5 Å². The maximum Gasteiger partial charge on any atom is 0.161 e. The van der Waals surface area contributed by atoms with Crippen molar-refractivity contribution in [1.29, 1.82) is 0 Å². The summed E-state index contributed by atoms with van der Waals surface area (Å²) >= 11 is 0. The van der Waals surface area contributed by atoms with Crippen LogP contribution in [0.4, 0.5) is 0 Å². The zero-order valence-electron chi connectivity index (χ0n) is 21.8. The van der Waals surface area contributed by atoms with Gasteiger partial charge in [0.15, 0.2) is 11.5 Å². The monoisotopic (exact) mass is 530 g/mol. The van der Waals surface area contributed by atoms with Gasteiger partial charge in [-0.3, -0.25) is 4.99 Å². The Labute approximate surface area is 224 Å². The molecule has 0 radical (unpaired) electrons. The molecule has 1 fully saturated rings. The fourth-order valence-electron chi connectivity index (χ4n) is 3.39. The van der Waals surface area contributed by atoms with Crippen LogP contribution < -0.4 is 15.2 Å². The third-order valence-corrected chi connectivity index (χ3v) is 5.36. The fraction of sp³-hybridized carbons (Fsp3) is 0.464. The van der Waals surface area contributed by atoms with Crippen LogP contribution in [0.5, 0.6) is 11.5 Å². The fourth-order valence-corrected chi connectivity index (χ4v) is 3.39. The highest BCUT2D eigenvalue weighted by Crippen LogP contribution is 2.28. The summed E-state index contributed by atoms with van der Waals surface area (Å²) in [6, 6.07) is 14.0. The van der Waals surface area contributed by atoms with Crippen LogP contribution in [0.3, 0.4) is 0 Å². The van der Waals surface area contributed by atoms with Gasteiger partial charge in [-0.2, -0.15) is 4.89 Å². The van der Waals surface area contributed by atoms with Gasteiger partial charge < -0.3 is 29.4 Å². The summed E-state index contributed by atoms with van der Waals surface area (Å²) in [6.45, 7) is 8.46. The number of nitrogens with two attached hydrogens (primary N) is 1. The Morgan fingerprint density at radius 2 is 1.63 bits per heavy atom. The predicted octanol–water partition coefficient (Wildman–Crippen LogP) is 3.17. The molecule has 38 heavy (non-hydrogen) atoms. The standard InChI is InChI=1S/C28H38N2O8/c1-2-23-3-5-25(6-4-23)20-32-12-9-24-7-8-27(34-13-10-29)28(19-24)35-14-11-30-26-21-33-16-15-31-17-18-36-38-37-22-26/h2-8,19H,1,9-18,20-22,29H2. The Bertz CT molecular complexity index is 954. The summed E-state index contributed by atoms with van der Waals surface area (Å²) in [5, 5.41) is 4.67. The largest absolute Gasteiger partial charge is 0.488 e. The Hall–Kier alpha value is -2.83. The Morgan fingerprint density at radius 1 is 0.842 bits per heavy atom. The molecule has 208 valence electrons. The van der Waals surface area contributed by atoms with Crippen LogP contribution in [-0.2, 0) is 42.1 Å². The summed E-state index contributed by atoms with van der Waals surface area (Å²) in [5.41, 5.74) is 9.57. The van der Waals surface area contributed by atoms with Crippen molar-refractivity contribution in [1.82, 2.24) is 0 Å². The molecule has 2 N–H and O–H groups in total. The first-order chi connectivity index (χ1) is 18.8. The van der Waals surface area contributed by atoms with E-state index in [1.165, 1.54) is 0 Å². The predicted molar refractivity (Wildman–Crippen MR) is 143 cm³/mol. The number of hydrogen-bond acceptors (Lipinski definition) is 10. The molecule has 1 heterocycles. The minimum Gasteiger partial charge on any atom is -0.488 e. The highest BCUT2D eigenvalue weighted by molar-refractivity contribution is 5.86. The Balaban J connectivity index is 1.49. The van der Waals surface area contributed by atoms with E-state index in [2.05, 4.69) is 16.6 Å². The Kier molecular flexibility index (Phi) is 14.4. The molecule has 1 aliphatic heterocycles. The highest BCUT2D eigenvalue weighted by atomic mass is 17.5. The van der Waals surface area contributed by atoms with Crippen LogP contribution >= 0.6 is 0 Å². The van der Waals surface area contributed by atoms with Crippen LogP contribution in [0.1, 0.15) is 16.7 Å². The molecule has 1 aliphatic rings. The SMILES string of the molecule is C=Cc1ccc(COCCc2ccc(OCCN)c(OCCN=C3COCCOCCOOOC3)c2)cc1. The Morgan fingerprint density at radius 3 is 2.47 bits per heavy atom. The number of aliphatic imine (C=N–C) groups is 1. The third kappa shape index (κ3) is 11.7. The van der Waals surface area contributed by atoms with Gasteiger partial charge in [-0.1, -0.05) is 48.0 Å². The van der Waals surface area contributed by atoms with E-state index in [4.69, 9.17) is 39.2 Å². The lowest BCUT2D eigenvalue weighted by molar-refractivity contribution is -0.508. The second-order valence-corrected chi connectivity index (χ2v) is 8.28. The molecule has 0 saturated carbocycles. The van der Waals surface area contributed by atoms with Crippen molar-refractivity contribution in [2.24, 2.45) is 10.7 Å². The van der Waals surface area contributed by atoms with Crippen molar-refractivity contribution in [2.75, 3.05) is 72.6 Å². The lowest BCUT2D eigenvalue weighted by Gasteiger charge is -2.14. The molecule has 2 aromatic rings. The van der Waals surface area contributed by atoms with Gasteiger partial charge in [0, 0.05) is 6.54 Å². The van der Waals surface area contributed by atoms with Gasteiger partial charge in [-0.05, 0) is 35.2 Å². The van der Waals surface area contributed by atoms with E-state index in [1.54, 1.807) is 0 Å². The lowest BCUT2D eigenvalue weighted by atomic mass is 10.1. The normalized spacial score (nSPS) is 16.4. The summed E-state index contributed by atoms with van der Waals surface area (Å²) < 4.78 is 28.5. The van der Waals surface area contributed by atoms with Gasteiger partial charge in [0.1, 0.15) is 26.4 Å². The third-order valence-electron chi connectivity index (χ3n) is 5.36. The van der Waals surface area contributed by atoms with E-state index >= 15 is 0 Å². The first kappa shape index (κ1) is 29.7. The van der Waals surface area contributed by atoms with Crippen molar-refractivity contribution in [3.05, 3.63) is 65.7 Å². The molecule has 0 atom stereocenters. The average molecular weight is 531 g/mol. The molecule has 0 aliphatic carbocycles. The van der Waals surface area contributed by atoms with Crippen molar-refractivity contribution >= 4 is 11.8 Å². The summed E-state index contributed by atoms with van der Waals surface area (Å²) in [7, 11) is 0. The highest BCUT2D eigenvalue weighted by Gasteiger charge is 2.09. The van der Waals surface area contributed by atoms with E-state index in [9.17, 15) is 0 Å². The van der Waals surface area contributed by atoms with Gasteiger partial charge in [0.2, 0.25) is 0 Å². The van der Waals surface area contributed by atoms with E-state index in [0.717, 1.165) is 23.1 Å². The van der Waals surface area contributed by atoms with Crippen LogP contribution in [0.15, 0.2) is 54.0 Å². The molecule has 0 spiro atoms. The number of benzene rings is 2. The number of nitrogens with zero attached hydrogens (tertiary/aromatic N) is 1. The van der Waals surface area contributed by atoms with Gasteiger partial charge in [-0.25, -0.2) is 4.89 Å². The van der Waals surface area contributed by atoms with E-state index in [-0.39, 0.29) is 13.2 Å². The van der Waals surface area contributed by atoms with Crippen molar-refractivity contribution in [2.45, 2.75) is 13.0 Å². The quantitative estimate of drug-likeness (QED) is 0.308. The molecule has 10 heteroatoms. The zero-order chi connectivity index (χ0) is 26.7. The molecule has 0 unspecified atom stereocenters.